The molecule has 0 unspecified atom stereocenters. The Morgan fingerprint density at radius 1 is 0.875 bits per heavy atom. The lowest BCUT2D eigenvalue weighted by Crippen LogP contribution is -2.19. The highest BCUT2D eigenvalue weighted by molar-refractivity contribution is 5.85. The Balaban J connectivity index is 1.28. The van der Waals surface area contributed by atoms with Crippen molar-refractivity contribution in [2.24, 2.45) is 5.10 Å². The summed E-state index contributed by atoms with van der Waals surface area (Å²) in [6.07, 6.45) is 2.93. The lowest BCUT2D eigenvalue weighted by molar-refractivity contribution is -0.120. The molecule has 0 saturated carbocycles. The number of amides is 1. The highest BCUT2D eigenvalue weighted by Crippen LogP contribution is 2.21. The third kappa shape index (κ3) is 5.61. The fourth-order valence-electron chi connectivity index (χ4n) is 3.53. The predicted octanol–water partition coefficient (Wildman–Crippen LogP) is 5.67. The third-order valence-corrected chi connectivity index (χ3v) is 5.35. The van der Waals surface area contributed by atoms with Crippen LogP contribution in [0.15, 0.2) is 96.1 Å². The van der Waals surface area contributed by atoms with Gasteiger partial charge in [0.05, 0.1) is 12.6 Å². The topological polar surface area (TPSA) is 50.7 Å². The molecule has 32 heavy (non-hydrogen) atoms. The summed E-state index contributed by atoms with van der Waals surface area (Å²) in [5.74, 6) is 0.648. The molecule has 0 aliphatic carbocycles. The summed E-state index contributed by atoms with van der Waals surface area (Å²) >= 11 is 0. The maximum absolute atomic E-state index is 12.1. The van der Waals surface area contributed by atoms with Crippen molar-refractivity contribution in [3.63, 3.8) is 0 Å². The molecule has 4 aromatic rings. The monoisotopic (exact) mass is 422 g/mol. The van der Waals surface area contributed by atoms with E-state index in [0.717, 1.165) is 28.9 Å². The van der Waals surface area contributed by atoms with Crippen LogP contribution in [0, 0.1) is 0 Å². The zero-order valence-electron chi connectivity index (χ0n) is 18.1. The molecular formula is C28H26N2O2. The van der Waals surface area contributed by atoms with E-state index in [9.17, 15) is 4.79 Å². The molecule has 0 spiro atoms. The minimum absolute atomic E-state index is 0.138. The van der Waals surface area contributed by atoms with Gasteiger partial charge in [0.2, 0.25) is 5.91 Å². The number of benzene rings is 4. The molecule has 0 heterocycles. The Morgan fingerprint density at radius 2 is 1.59 bits per heavy atom. The Morgan fingerprint density at radius 3 is 2.38 bits per heavy atom. The summed E-state index contributed by atoms with van der Waals surface area (Å²) in [4.78, 5) is 12.1. The van der Waals surface area contributed by atoms with Gasteiger partial charge in [-0.15, -0.1) is 0 Å². The van der Waals surface area contributed by atoms with E-state index in [2.05, 4.69) is 59.9 Å². The number of hydrazone groups is 1. The maximum atomic E-state index is 12.1. The number of rotatable bonds is 8. The van der Waals surface area contributed by atoms with E-state index in [1.54, 1.807) is 6.21 Å². The number of carbonyl (C=O) groups is 1. The normalized spacial score (nSPS) is 11.0. The molecule has 0 atom stereocenters. The van der Waals surface area contributed by atoms with Crippen molar-refractivity contribution in [2.75, 3.05) is 0 Å². The minimum atomic E-state index is -0.138. The second-order valence-corrected chi connectivity index (χ2v) is 7.64. The second kappa shape index (κ2) is 10.4. The van der Waals surface area contributed by atoms with Crippen LogP contribution in [0.25, 0.3) is 10.8 Å². The van der Waals surface area contributed by atoms with Gasteiger partial charge in [-0.05, 0) is 63.7 Å². The summed E-state index contributed by atoms with van der Waals surface area (Å²) < 4.78 is 5.97. The number of hydrogen-bond donors (Lipinski definition) is 1. The van der Waals surface area contributed by atoms with E-state index < -0.39 is 0 Å². The summed E-state index contributed by atoms with van der Waals surface area (Å²) in [5.41, 5.74) is 6.86. The van der Waals surface area contributed by atoms with Crippen molar-refractivity contribution in [2.45, 2.75) is 26.4 Å². The number of hydrogen-bond acceptors (Lipinski definition) is 3. The molecule has 0 bridgehead atoms. The van der Waals surface area contributed by atoms with Gasteiger partial charge in [-0.25, -0.2) is 5.43 Å². The van der Waals surface area contributed by atoms with Crippen molar-refractivity contribution >= 4 is 22.9 Å². The van der Waals surface area contributed by atoms with Gasteiger partial charge in [-0.3, -0.25) is 4.79 Å². The minimum Gasteiger partial charge on any atom is -0.489 e. The first-order chi connectivity index (χ1) is 15.7. The molecule has 4 aromatic carbocycles. The maximum Gasteiger partial charge on any atom is 0.244 e. The van der Waals surface area contributed by atoms with Crippen molar-refractivity contribution in [1.82, 2.24) is 5.43 Å². The zero-order valence-corrected chi connectivity index (χ0v) is 18.1. The molecule has 0 aromatic heterocycles. The molecule has 4 heteroatoms. The second-order valence-electron chi connectivity index (χ2n) is 7.64. The summed E-state index contributed by atoms with van der Waals surface area (Å²) in [5, 5.41) is 6.48. The van der Waals surface area contributed by atoms with Gasteiger partial charge in [-0.2, -0.15) is 5.10 Å². The summed E-state index contributed by atoms with van der Waals surface area (Å²) in [6, 6.07) is 30.3. The number of nitrogens with zero attached hydrogens (tertiary/aromatic N) is 1. The van der Waals surface area contributed by atoms with E-state index in [1.165, 1.54) is 16.3 Å². The lowest BCUT2D eigenvalue weighted by atomic mass is 10.1. The molecule has 160 valence electrons. The summed E-state index contributed by atoms with van der Waals surface area (Å²) in [7, 11) is 0. The van der Waals surface area contributed by atoms with Gasteiger partial charge in [0, 0.05) is 0 Å². The van der Waals surface area contributed by atoms with E-state index in [-0.39, 0.29) is 5.91 Å². The smallest absolute Gasteiger partial charge is 0.244 e. The quantitative estimate of drug-likeness (QED) is 0.294. The summed E-state index contributed by atoms with van der Waals surface area (Å²) in [6.45, 7) is 2.62. The number of ether oxygens (including phenoxy) is 1. The average molecular weight is 423 g/mol. The largest absolute Gasteiger partial charge is 0.489 e. The Bertz CT molecular complexity index is 1210. The van der Waals surface area contributed by atoms with Gasteiger partial charge >= 0.3 is 0 Å². The van der Waals surface area contributed by atoms with Crippen LogP contribution in [0.1, 0.15) is 29.2 Å². The standard InChI is InChI=1S/C28H26N2O2/c1-2-21-10-12-22(13-11-21)18-28(31)30-29-19-23-14-16-26(17-15-23)32-20-25-8-5-7-24-6-3-4-9-27(24)25/h3-17,19H,2,18,20H2,1H3,(H,30,31)/b29-19+. The highest BCUT2D eigenvalue weighted by Gasteiger charge is 2.03. The van der Waals surface area contributed by atoms with Crippen LogP contribution < -0.4 is 10.2 Å². The molecule has 4 nitrogen and oxygen atoms in total. The van der Waals surface area contributed by atoms with Gasteiger partial charge in [0.1, 0.15) is 12.4 Å². The third-order valence-electron chi connectivity index (χ3n) is 5.35. The van der Waals surface area contributed by atoms with Gasteiger partial charge in [0.15, 0.2) is 0 Å². The number of nitrogens with one attached hydrogen (secondary N) is 1. The van der Waals surface area contributed by atoms with Crippen LogP contribution in [-0.2, 0) is 24.2 Å². The molecule has 0 aliphatic rings. The van der Waals surface area contributed by atoms with Gasteiger partial charge in [0.25, 0.3) is 0 Å². The Labute approximate surface area is 188 Å². The van der Waals surface area contributed by atoms with E-state index >= 15 is 0 Å². The number of fused-ring (bicyclic) bond motifs is 1. The average Bonchev–Trinajstić information content (AvgIpc) is 2.84. The Hall–Kier alpha value is -3.92. The van der Waals surface area contributed by atoms with Crippen LogP contribution in [0.5, 0.6) is 5.75 Å². The predicted molar refractivity (Wildman–Crippen MR) is 130 cm³/mol. The van der Waals surface area contributed by atoms with Crippen molar-refractivity contribution < 1.29 is 9.53 Å². The molecule has 4 rings (SSSR count). The SMILES string of the molecule is CCc1ccc(CC(=O)N/N=C/c2ccc(OCc3cccc4ccccc34)cc2)cc1. The van der Waals surface area contributed by atoms with Crippen molar-refractivity contribution in [1.29, 1.82) is 0 Å². The fourth-order valence-corrected chi connectivity index (χ4v) is 3.53. The van der Waals surface area contributed by atoms with Crippen LogP contribution >= 0.6 is 0 Å². The lowest BCUT2D eigenvalue weighted by Gasteiger charge is -2.09. The first kappa shape index (κ1) is 21.3. The van der Waals surface area contributed by atoms with Crippen LogP contribution in [-0.4, -0.2) is 12.1 Å². The van der Waals surface area contributed by atoms with E-state index in [0.29, 0.717) is 13.0 Å². The van der Waals surface area contributed by atoms with Crippen molar-refractivity contribution in [3.05, 3.63) is 113 Å². The number of carbonyl (C=O) groups excluding carboxylic acids is 1. The van der Waals surface area contributed by atoms with Crippen LogP contribution in [0.2, 0.25) is 0 Å². The first-order valence-electron chi connectivity index (χ1n) is 10.8. The molecule has 1 amide bonds. The number of aryl methyl sites for hydroxylation is 1. The fraction of sp³-hybridized carbons (Fsp3) is 0.143. The first-order valence-corrected chi connectivity index (χ1v) is 10.8. The van der Waals surface area contributed by atoms with Gasteiger partial charge in [-0.1, -0.05) is 73.7 Å². The van der Waals surface area contributed by atoms with E-state index in [1.807, 2.05) is 48.5 Å². The molecule has 0 fully saturated rings. The van der Waals surface area contributed by atoms with Crippen molar-refractivity contribution in [3.8, 4) is 5.75 Å². The van der Waals surface area contributed by atoms with Crippen LogP contribution in [0.3, 0.4) is 0 Å². The highest BCUT2D eigenvalue weighted by atomic mass is 16.5. The van der Waals surface area contributed by atoms with Crippen LogP contribution in [0.4, 0.5) is 0 Å². The van der Waals surface area contributed by atoms with Gasteiger partial charge < -0.3 is 4.74 Å². The molecule has 1 N–H and O–H groups in total. The Kier molecular flexibility index (Phi) is 6.93. The zero-order chi connectivity index (χ0) is 22.2. The molecule has 0 aliphatic heterocycles. The van der Waals surface area contributed by atoms with E-state index in [4.69, 9.17) is 4.74 Å². The molecule has 0 radical (unpaired) electrons. The molecular weight excluding hydrogens is 396 g/mol. The molecule has 0 saturated heterocycles.